The molecule has 1 aromatic heterocycles. The molecule has 1 unspecified atom stereocenters. The molecule has 4 heteroatoms. The fourth-order valence-electron chi connectivity index (χ4n) is 0.312. The molecular weight excluding hydrogens is 127 g/mol. The van der Waals surface area contributed by atoms with Crippen molar-refractivity contribution in [1.82, 2.24) is 10.2 Å². The molecule has 0 bridgehead atoms. The van der Waals surface area contributed by atoms with Gasteiger partial charge in [-0.15, -0.1) is 10.2 Å². The van der Waals surface area contributed by atoms with Crippen LogP contribution in [0.2, 0.25) is 0 Å². The van der Waals surface area contributed by atoms with Crippen molar-refractivity contribution < 1.29 is 0 Å². The van der Waals surface area contributed by atoms with Gasteiger partial charge in [0, 0.05) is 0 Å². The van der Waals surface area contributed by atoms with Crippen LogP contribution in [0.3, 0.4) is 0 Å². The summed E-state index contributed by atoms with van der Waals surface area (Å²) in [6, 6.07) is 0. The van der Waals surface area contributed by atoms with Gasteiger partial charge in [-0.2, -0.15) is 0 Å². The van der Waals surface area contributed by atoms with Crippen LogP contribution in [0.5, 0.6) is 0 Å². The summed E-state index contributed by atoms with van der Waals surface area (Å²) >= 11 is 1.58. The summed E-state index contributed by atoms with van der Waals surface area (Å²) in [6.07, 6.45) is 0. The molecule has 1 rings (SSSR count). The van der Waals surface area contributed by atoms with Crippen LogP contribution < -0.4 is 4.75 Å². The van der Waals surface area contributed by atoms with Gasteiger partial charge in [0.2, 0.25) is 0 Å². The van der Waals surface area contributed by atoms with Crippen LogP contribution in [0, 0.1) is 6.92 Å². The van der Waals surface area contributed by atoms with Gasteiger partial charge in [0.15, 0.2) is 0 Å². The van der Waals surface area contributed by atoms with E-state index >= 15 is 0 Å². The minimum Gasteiger partial charge on any atom is -0.143 e. The predicted octanol–water partition coefficient (Wildman–Crippen LogP) is 0.347. The maximum Gasteiger partial charge on any atom is 0.133 e. The molecule has 0 radical (unpaired) electrons. The molecule has 0 amide bonds. The van der Waals surface area contributed by atoms with E-state index in [0.29, 0.717) is 0 Å². The fraction of sp³-hybridized carbons (Fsp3) is 0.333. The lowest BCUT2D eigenvalue weighted by molar-refractivity contribution is 1.07. The Labute approximate surface area is 48.2 Å². The summed E-state index contributed by atoms with van der Waals surface area (Å²) in [5.74, 6) is 0. The van der Waals surface area contributed by atoms with E-state index in [1.165, 1.54) is 0 Å². The predicted molar refractivity (Wildman–Crippen MR) is 34.0 cm³/mol. The van der Waals surface area contributed by atoms with E-state index in [2.05, 4.69) is 19.4 Å². The lowest BCUT2D eigenvalue weighted by Gasteiger charge is -1.65. The highest BCUT2D eigenvalue weighted by Crippen LogP contribution is 1.97. The molecule has 38 valence electrons. The fourth-order valence-corrected chi connectivity index (χ4v) is 1.35. The van der Waals surface area contributed by atoms with Crippen molar-refractivity contribution in [1.29, 1.82) is 0 Å². The maximum absolute atomic E-state index is 3.76. The molecule has 0 N–H and O–H groups in total. The monoisotopic (exact) mass is 132 g/mol. The van der Waals surface area contributed by atoms with E-state index in [4.69, 9.17) is 0 Å². The molecule has 0 saturated heterocycles. The van der Waals surface area contributed by atoms with E-state index in [0.717, 1.165) is 9.76 Å². The number of aromatic nitrogens is 2. The smallest absolute Gasteiger partial charge is 0.133 e. The Kier molecular flexibility index (Phi) is 1.35. The standard InChI is InChI=1S/C3H5N2PS/c1-2-4-5-3(6)7-2/h6H2,1H3. The Balaban J connectivity index is 3.04. The minimum atomic E-state index is 0.956. The zero-order valence-electron chi connectivity index (χ0n) is 3.88. The number of rotatable bonds is 0. The number of hydrogen-bond acceptors (Lipinski definition) is 3. The second-order valence-electron chi connectivity index (χ2n) is 1.16. The van der Waals surface area contributed by atoms with Crippen molar-refractivity contribution in [3.63, 3.8) is 0 Å². The molecule has 0 aliphatic carbocycles. The van der Waals surface area contributed by atoms with Crippen LogP contribution in [-0.2, 0) is 0 Å². The topological polar surface area (TPSA) is 25.8 Å². The van der Waals surface area contributed by atoms with Gasteiger partial charge < -0.3 is 0 Å². The Hall–Kier alpha value is -0.0100. The third-order valence-corrected chi connectivity index (χ3v) is 1.68. The summed E-state index contributed by atoms with van der Waals surface area (Å²) in [5.41, 5.74) is 0. The summed E-state index contributed by atoms with van der Waals surface area (Å²) in [5, 5.41) is 8.53. The number of aryl methyl sites for hydroxylation is 1. The second kappa shape index (κ2) is 1.85. The van der Waals surface area contributed by atoms with Crippen LogP contribution >= 0.6 is 20.6 Å². The first-order chi connectivity index (χ1) is 3.29. The van der Waals surface area contributed by atoms with Crippen LogP contribution in [0.25, 0.3) is 0 Å². The Morgan fingerprint density at radius 3 is 2.43 bits per heavy atom. The first kappa shape index (κ1) is 5.13. The lowest BCUT2D eigenvalue weighted by atomic mass is 10.9. The Morgan fingerprint density at radius 2 is 2.29 bits per heavy atom. The summed E-state index contributed by atoms with van der Waals surface area (Å²) in [4.78, 5) is 0. The third-order valence-electron chi connectivity index (χ3n) is 0.542. The first-order valence-corrected chi connectivity index (χ1v) is 3.24. The van der Waals surface area contributed by atoms with E-state index in [-0.39, 0.29) is 0 Å². The zero-order valence-corrected chi connectivity index (χ0v) is 5.85. The summed E-state index contributed by atoms with van der Waals surface area (Å²) < 4.78 is 0.956. The minimum absolute atomic E-state index is 0.956. The van der Waals surface area contributed by atoms with E-state index < -0.39 is 0 Å². The molecular formula is C3H5N2PS. The van der Waals surface area contributed by atoms with Gasteiger partial charge in [0.1, 0.15) is 9.76 Å². The molecule has 1 atom stereocenters. The molecule has 0 fully saturated rings. The number of nitrogens with zero attached hydrogens (tertiary/aromatic N) is 2. The average molecular weight is 132 g/mol. The van der Waals surface area contributed by atoms with Crippen LogP contribution in [0.1, 0.15) is 5.01 Å². The quantitative estimate of drug-likeness (QED) is 0.476. The van der Waals surface area contributed by atoms with Crippen LogP contribution in [-0.4, -0.2) is 10.2 Å². The molecule has 0 spiro atoms. The molecule has 0 aliphatic heterocycles. The first-order valence-electron chi connectivity index (χ1n) is 1.84. The van der Waals surface area contributed by atoms with Gasteiger partial charge in [0.25, 0.3) is 0 Å². The average Bonchev–Trinajstić information content (AvgIpc) is 1.87. The van der Waals surface area contributed by atoms with E-state index in [9.17, 15) is 0 Å². The van der Waals surface area contributed by atoms with Gasteiger partial charge in [0.05, 0.1) is 0 Å². The lowest BCUT2D eigenvalue weighted by Crippen LogP contribution is -1.83. The summed E-state index contributed by atoms with van der Waals surface area (Å²) in [7, 11) is 2.49. The van der Waals surface area contributed by atoms with Gasteiger partial charge in [-0.25, -0.2) is 0 Å². The molecule has 7 heavy (non-hydrogen) atoms. The van der Waals surface area contributed by atoms with E-state index in [1.54, 1.807) is 11.3 Å². The van der Waals surface area contributed by atoms with Crippen LogP contribution in [0.4, 0.5) is 0 Å². The molecule has 2 nitrogen and oxygen atoms in total. The van der Waals surface area contributed by atoms with Gasteiger partial charge in [-0.05, 0) is 6.92 Å². The molecule has 1 heterocycles. The van der Waals surface area contributed by atoms with Crippen molar-refractivity contribution in [2.45, 2.75) is 6.92 Å². The summed E-state index contributed by atoms with van der Waals surface area (Å²) in [6.45, 7) is 1.94. The maximum atomic E-state index is 3.76. The highest BCUT2D eigenvalue weighted by atomic mass is 32.1. The van der Waals surface area contributed by atoms with Crippen molar-refractivity contribution in [3.8, 4) is 0 Å². The molecule has 0 aliphatic rings. The van der Waals surface area contributed by atoms with Crippen molar-refractivity contribution in [2.75, 3.05) is 0 Å². The normalized spacial score (nSPS) is 9.43. The van der Waals surface area contributed by atoms with Gasteiger partial charge in [-0.1, -0.05) is 20.6 Å². The van der Waals surface area contributed by atoms with Gasteiger partial charge >= 0.3 is 0 Å². The highest BCUT2D eigenvalue weighted by molar-refractivity contribution is 7.42. The Bertz CT molecular complexity index is 145. The SMILES string of the molecule is Cc1nnc(P)s1. The largest absolute Gasteiger partial charge is 0.143 e. The molecule has 0 aromatic carbocycles. The van der Waals surface area contributed by atoms with Crippen molar-refractivity contribution in [3.05, 3.63) is 5.01 Å². The van der Waals surface area contributed by atoms with E-state index in [1.807, 2.05) is 6.92 Å². The van der Waals surface area contributed by atoms with Crippen molar-refractivity contribution in [2.24, 2.45) is 0 Å². The van der Waals surface area contributed by atoms with Crippen molar-refractivity contribution >= 4 is 25.3 Å². The zero-order chi connectivity index (χ0) is 5.28. The molecule has 1 aromatic rings. The Morgan fingerprint density at radius 1 is 1.57 bits per heavy atom. The second-order valence-corrected chi connectivity index (χ2v) is 3.34. The van der Waals surface area contributed by atoms with Gasteiger partial charge in [-0.3, -0.25) is 0 Å². The van der Waals surface area contributed by atoms with Crippen LogP contribution in [0.15, 0.2) is 0 Å². The molecule has 0 saturated carbocycles. The highest BCUT2D eigenvalue weighted by Gasteiger charge is 1.88. The number of hydrogen-bond donors (Lipinski definition) is 0. The third kappa shape index (κ3) is 1.18.